The molecule has 1 rings (SSSR count). The Morgan fingerprint density at radius 3 is 2.54 bits per heavy atom. The minimum absolute atomic E-state index is 0.0825. The molecule has 0 saturated heterocycles. The molecule has 1 aromatic rings. The van der Waals surface area contributed by atoms with E-state index in [0.29, 0.717) is 0 Å². The summed E-state index contributed by atoms with van der Waals surface area (Å²) in [6, 6.07) is 3.34. The van der Waals surface area contributed by atoms with Crippen molar-refractivity contribution in [2.45, 2.75) is 26.2 Å². The predicted molar refractivity (Wildman–Crippen MR) is 53.4 cm³/mol. The van der Waals surface area contributed by atoms with Crippen LogP contribution in [0.1, 0.15) is 25.3 Å². The molecule has 72 valence electrons. The van der Waals surface area contributed by atoms with Crippen LogP contribution < -0.4 is 0 Å². The van der Waals surface area contributed by atoms with Crippen LogP contribution in [0.25, 0.3) is 0 Å². The number of hydrogen-bond acceptors (Lipinski definition) is 2. The van der Waals surface area contributed by atoms with Crippen molar-refractivity contribution in [1.29, 1.82) is 0 Å². The zero-order chi connectivity index (χ0) is 9.84. The fraction of sp³-hybridized carbons (Fsp3) is 0.400. The Hall–Kier alpha value is -0.890. The lowest BCUT2D eigenvalue weighted by atomic mass is 10.1. The van der Waals surface area contributed by atoms with E-state index in [1.165, 1.54) is 0 Å². The Morgan fingerprint density at radius 2 is 1.92 bits per heavy atom. The highest BCUT2D eigenvalue weighted by Gasteiger charge is 2.09. The Kier molecular flexibility index (Phi) is 3.43. The second kappa shape index (κ2) is 4.38. The molecule has 0 fully saturated rings. The van der Waals surface area contributed by atoms with Crippen LogP contribution in [-0.4, -0.2) is 10.2 Å². The standard InChI is InChI=1S/C10H13ClO2/c1-2-3-4-7-5-6-8(11)10(13)9(7)12/h5-6,12-13H,2-4H2,1H3. The summed E-state index contributed by atoms with van der Waals surface area (Å²) in [5, 5.41) is 19.0. The lowest BCUT2D eigenvalue weighted by Gasteiger charge is -2.06. The molecule has 0 aromatic heterocycles. The highest BCUT2D eigenvalue weighted by atomic mass is 35.5. The van der Waals surface area contributed by atoms with Crippen LogP contribution in [0.5, 0.6) is 11.5 Å². The molecular weight excluding hydrogens is 188 g/mol. The number of phenolic OH excluding ortho intramolecular Hbond substituents is 2. The van der Waals surface area contributed by atoms with Crippen molar-refractivity contribution in [3.05, 3.63) is 22.7 Å². The van der Waals surface area contributed by atoms with E-state index < -0.39 is 0 Å². The summed E-state index contributed by atoms with van der Waals surface area (Å²) in [4.78, 5) is 0. The third kappa shape index (κ3) is 2.28. The molecule has 0 aliphatic carbocycles. The minimum Gasteiger partial charge on any atom is -0.504 e. The number of halogens is 1. The average molecular weight is 201 g/mol. The van der Waals surface area contributed by atoms with Gasteiger partial charge >= 0.3 is 0 Å². The van der Waals surface area contributed by atoms with Crippen molar-refractivity contribution in [2.75, 3.05) is 0 Å². The zero-order valence-corrected chi connectivity index (χ0v) is 8.30. The molecule has 0 aliphatic heterocycles. The lowest BCUT2D eigenvalue weighted by molar-refractivity contribution is 0.399. The molecule has 0 atom stereocenters. The van der Waals surface area contributed by atoms with E-state index in [4.69, 9.17) is 11.6 Å². The number of aryl methyl sites for hydroxylation is 1. The maximum atomic E-state index is 9.47. The Balaban J connectivity index is 2.90. The molecule has 2 nitrogen and oxygen atoms in total. The van der Waals surface area contributed by atoms with Gasteiger partial charge < -0.3 is 10.2 Å². The van der Waals surface area contributed by atoms with Crippen LogP contribution in [0.3, 0.4) is 0 Å². The highest BCUT2D eigenvalue weighted by Crippen LogP contribution is 2.36. The normalized spacial score (nSPS) is 10.3. The molecule has 1 aromatic carbocycles. The number of phenols is 2. The van der Waals surface area contributed by atoms with Gasteiger partial charge in [0.1, 0.15) is 0 Å². The molecule has 2 N–H and O–H groups in total. The topological polar surface area (TPSA) is 40.5 Å². The molecule has 0 unspecified atom stereocenters. The SMILES string of the molecule is CCCCc1ccc(Cl)c(O)c1O. The van der Waals surface area contributed by atoms with Gasteiger partial charge in [0.15, 0.2) is 11.5 Å². The first kappa shape index (κ1) is 10.2. The van der Waals surface area contributed by atoms with Crippen molar-refractivity contribution >= 4 is 11.6 Å². The Bertz CT molecular complexity index is 297. The first-order chi connectivity index (χ1) is 6.16. The van der Waals surface area contributed by atoms with Crippen LogP contribution in [0.4, 0.5) is 0 Å². The van der Waals surface area contributed by atoms with Crippen molar-refractivity contribution < 1.29 is 10.2 Å². The van der Waals surface area contributed by atoms with Crippen molar-refractivity contribution in [3.63, 3.8) is 0 Å². The van der Waals surface area contributed by atoms with E-state index >= 15 is 0 Å². The summed E-state index contributed by atoms with van der Waals surface area (Å²) in [5.74, 6) is -0.295. The summed E-state index contributed by atoms with van der Waals surface area (Å²) in [5.41, 5.74) is 0.753. The summed E-state index contributed by atoms with van der Waals surface area (Å²) >= 11 is 5.61. The molecule has 0 saturated carbocycles. The minimum atomic E-state index is -0.213. The number of hydrogen-bond donors (Lipinski definition) is 2. The summed E-state index contributed by atoms with van der Waals surface area (Å²) in [7, 11) is 0. The van der Waals surface area contributed by atoms with Gasteiger partial charge in [0.05, 0.1) is 5.02 Å². The summed E-state index contributed by atoms with van der Waals surface area (Å²) in [6.45, 7) is 2.08. The van der Waals surface area contributed by atoms with Gasteiger partial charge in [-0.2, -0.15) is 0 Å². The van der Waals surface area contributed by atoms with E-state index in [2.05, 4.69) is 6.92 Å². The quantitative estimate of drug-likeness (QED) is 0.737. The van der Waals surface area contributed by atoms with Gasteiger partial charge in [-0.3, -0.25) is 0 Å². The zero-order valence-electron chi connectivity index (χ0n) is 7.55. The van der Waals surface area contributed by atoms with Gasteiger partial charge in [0, 0.05) is 0 Å². The monoisotopic (exact) mass is 200 g/mol. The fourth-order valence-electron chi connectivity index (χ4n) is 1.17. The van der Waals surface area contributed by atoms with Crippen molar-refractivity contribution in [1.82, 2.24) is 0 Å². The van der Waals surface area contributed by atoms with E-state index in [1.54, 1.807) is 12.1 Å². The van der Waals surface area contributed by atoms with Gasteiger partial charge in [0.25, 0.3) is 0 Å². The molecule has 3 heteroatoms. The number of unbranched alkanes of at least 4 members (excludes halogenated alkanes) is 1. The molecule has 0 amide bonds. The van der Waals surface area contributed by atoms with Crippen LogP contribution in [0.2, 0.25) is 5.02 Å². The number of aromatic hydroxyl groups is 2. The highest BCUT2D eigenvalue weighted by molar-refractivity contribution is 6.32. The molecule has 0 radical (unpaired) electrons. The smallest absolute Gasteiger partial charge is 0.176 e. The molecule has 0 heterocycles. The lowest BCUT2D eigenvalue weighted by Crippen LogP contribution is -1.86. The van der Waals surface area contributed by atoms with Gasteiger partial charge in [-0.25, -0.2) is 0 Å². The van der Waals surface area contributed by atoms with E-state index in [-0.39, 0.29) is 16.5 Å². The molecule has 0 spiro atoms. The predicted octanol–water partition coefficient (Wildman–Crippen LogP) is 3.09. The van der Waals surface area contributed by atoms with E-state index in [1.807, 2.05) is 0 Å². The number of benzene rings is 1. The second-order valence-corrected chi connectivity index (χ2v) is 3.41. The van der Waals surface area contributed by atoms with Gasteiger partial charge in [-0.1, -0.05) is 31.0 Å². The van der Waals surface area contributed by atoms with Crippen LogP contribution >= 0.6 is 11.6 Å². The molecule has 0 aliphatic rings. The Labute approximate surface area is 82.8 Å². The molecule has 0 bridgehead atoms. The van der Waals surface area contributed by atoms with Gasteiger partial charge in [0.2, 0.25) is 0 Å². The second-order valence-electron chi connectivity index (χ2n) is 3.01. The maximum absolute atomic E-state index is 9.47. The summed E-state index contributed by atoms with van der Waals surface area (Å²) < 4.78 is 0. The molecule has 13 heavy (non-hydrogen) atoms. The van der Waals surface area contributed by atoms with Crippen LogP contribution in [0.15, 0.2) is 12.1 Å². The van der Waals surface area contributed by atoms with Gasteiger partial charge in [-0.15, -0.1) is 0 Å². The van der Waals surface area contributed by atoms with E-state index in [0.717, 1.165) is 24.8 Å². The largest absolute Gasteiger partial charge is 0.504 e. The first-order valence-corrected chi connectivity index (χ1v) is 4.74. The number of rotatable bonds is 3. The van der Waals surface area contributed by atoms with Crippen LogP contribution in [-0.2, 0) is 6.42 Å². The maximum Gasteiger partial charge on any atom is 0.176 e. The first-order valence-electron chi connectivity index (χ1n) is 4.36. The molecular formula is C10H13ClO2. The fourth-order valence-corrected chi connectivity index (χ4v) is 1.32. The average Bonchev–Trinajstić information content (AvgIpc) is 2.13. The third-order valence-electron chi connectivity index (χ3n) is 1.99. The van der Waals surface area contributed by atoms with Crippen molar-refractivity contribution in [2.24, 2.45) is 0 Å². The van der Waals surface area contributed by atoms with Crippen LogP contribution in [0, 0.1) is 0 Å². The van der Waals surface area contributed by atoms with Crippen molar-refractivity contribution in [3.8, 4) is 11.5 Å². The van der Waals surface area contributed by atoms with Gasteiger partial charge in [-0.05, 0) is 24.5 Å². The Morgan fingerprint density at radius 1 is 1.23 bits per heavy atom. The summed E-state index contributed by atoms with van der Waals surface area (Å²) in [6.07, 6.45) is 2.82. The van der Waals surface area contributed by atoms with E-state index in [9.17, 15) is 10.2 Å². The third-order valence-corrected chi connectivity index (χ3v) is 2.29.